The third kappa shape index (κ3) is 2.23. The lowest BCUT2D eigenvalue weighted by atomic mass is 10.3. The molecule has 0 aliphatic heterocycles. The molecule has 96 valence electrons. The van der Waals surface area contributed by atoms with Gasteiger partial charge in [-0.2, -0.15) is 9.97 Å². The van der Waals surface area contributed by atoms with Crippen molar-refractivity contribution in [1.29, 1.82) is 0 Å². The molecular formula is C8H8Cl2N6O2. The van der Waals surface area contributed by atoms with Gasteiger partial charge >= 0.3 is 0 Å². The molecule has 0 unspecified atom stereocenters. The fourth-order valence-electron chi connectivity index (χ4n) is 1.38. The van der Waals surface area contributed by atoms with E-state index in [0.29, 0.717) is 0 Å². The first-order chi connectivity index (χ1) is 8.40. The lowest BCUT2D eigenvalue weighted by molar-refractivity contribution is 0.275. The Kier molecular flexibility index (Phi) is 3.35. The van der Waals surface area contributed by atoms with E-state index in [4.69, 9.17) is 23.2 Å². The average Bonchev–Trinajstić information content (AvgIpc) is 2.27. The van der Waals surface area contributed by atoms with E-state index in [9.17, 15) is 10.4 Å². The minimum absolute atomic E-state index is 0.0531. The quantitative estimate of drug-likeness (QED) is 0.632. The molecule has 2 N–H and O–H groups in total. The van der Waals surface area contributed by atoms with Crippen molar-refractivity contribution in [3.05, 3.63) is 10.6 Å². The van der Waals surface area contributed by atoms with E-state index >= 15 is 0 Å². The maximum Gasteiger partial charge on any atom is 0.225 e. The third-order valence-electron chi connectivity index (χ3n) is 2.07. The number of hydrogen-bond acceptors (Lipinski definition) is 8. The van der Waals surface area contributed by atoms with Gasteiger partial charge < -0.3 is 0 Å². The van der Waals surface area contributed by atoms with Crippen LogP contribution in [0.3, 0.4) is 0 Å². The highest BCUT2D eigenvalue weighted by molar-refractivity contribution is 6.30. The number of rotatable bonds is 2. The van der Waals surface area contributed by atoms with Gasteiger partial charge in [-0.15, -0.1) is 0 Å². The molecule has 2 aromatic heterocycles. The van der Waals surface area contributed by atoms with Gasteiger partial charge in [0.05, 0.1) is 0 Å². The second kappa shape index (κ2) is 4.65. The Morgan fingerprint density at radius 1 is 0.778 bits per heavy atom. The smallest absolute Gasteiger partial charge is 0.225 e. The van der Waals surface area contributed by atoms with Crippen molar-refractivity contribution >= 4 is 45.9 Å². The van der Waals surface area contributed by atoms with Gasteiger partial charge in [-0.1, -0.05) is 0 Å². The maximum absolute atomic E-state index is 9.47. The molecule has 18 heavy (non-hydrogen) atoms. The number of fused-ring (bicyclic) bond motifs is 1. The van der Waals surface area contributed by atoms with Crippen molar-refractivity contribution < 1.29 is 10.4 Å². The van der Waals surface area contributed by atoms with Crippen LogP contribution in [0.1, 0.15) is 0 Å². The van der Waals surface area contributed by atoms with Crippen LogP contribution in [0, 0.1) is 0 Å². The van der Waals surface area contributed by atoms with Gasteiger partial charge in [-0.25, -0.2) is 20.1 Å². The zero-order chi connectivity index (χ0) is 13.4. The number of nitrogens with zero attached hydrogens (tertiary/aromatic N) is 6. The van der Waals surface area contributed by atoms with Crippen molar-refractivity contribution in [3.8, 4) is 0 Å². The number of halogens is 2. The Bertz CT molecular complexity index is 552. The average molecular weight is 291 g/mol. The number of aromatic nitrogens is 4. The summed E-state index contributed by atoms with van der Waals surface area (Å²) in [5, 5.41) is 20.2. The highest BCUT2D eigenvalue weighted by atomic mass is 35.5. The van der Waals surface area contributed by atoms with Crippen LogP contribution < -0.4 is 10.1 Å². The summed E-state index contributed by atoms with van der Waals surface area (Å²) in [4.78, 5) is 15.5. The Balaban J connectivity index is 2.89. The fourth-order valence-corrected chi connectivity index (χ4v) is 1.71. The van der Waals surface area contributed by atoms with Gasteiger partial charge in [-0.3, -0.25) is 10.4 Å². The SMILES string of the molecule is CN(O)c1nc(Cl)nc2c(N(C)O)nc(Cl)nc12. The summed E-state index contributed by atoms with van der Waals surface area (Å²) in [6, 6.07) is 0. The normalized spacial score (nSPS) is 10.8. The van der Waals surface area contributed by atoms with Crippen LogP contribution in [0.5, 0.6) is 0 Å². The predicted octanol–water partition coefficient (Wildman–Crippen LogP) is 1.38. The molecule has 2 aromatic rings. The molecule has 0 saturated carbocycles. The van der Waals surface area contributed by atoms with Crippen molar-refractivity contribution in [3.63, 3.8) is 0 Å². The second-order valence-corrected chi connectivity index (χ2v) is 4.05. The number of anilines is 2. The lowest BCUT2D eigenvalue weighted by Gasteiger charge is -2.15. The molecule has 8 nitrogen and oxygen atoms in total. The molecule has 0 aliphatic carbocycles. The standard InChI is InChI=1S/C8H8Cl2N6O2/c1-15(17)5-3-4(12-7(9)13-5)6(16(2)18)14-8(10)11-3/h17-18H,1-2H3. The minimum atomic E-state index is -0.118. The second-order valence-electron chi connectivity index (χ2n) is 3.38. The van der Waals surface area contributed by atoms with Crippen LogP contribution in [-0.4, -0.2) is 44.4 Å². The number of hydrogen-bond donors (Lipinski definition) is 2. The van der Waals surface area contributed by atoms with E-state index < -0.39 is 0 Å². The van der Waals surface area contributed by atoms with Crippen molar-refractivity contribution in [2.45, 2.75) is 0 Å². The summed E-state index contributed by atoms with van der Waals surface area (Å²) < 4.78 is 0. The third-order valence-corrected chi connectivity index (χ3v) is 2.40. The van der Waals surface area contributed by atoms with Crippen LogP contribution in [0.25, 0.3) is 11.0 Å². The van der Waals surface area contributed by atoms with Crippen LogP contribution in [0.15, 0.2) is 0 Å². The van der Waals surface area contributed by atoms with E-state index in [-0.39, 0.29) is 33.2 Å². The highest BCUT2D eigenvalue weighted by Crippen LogP contribution is 2.28. The largest absolute Gasteiger partial charge is 0.287 e. The van der Waals surface area contributed by atoms with Crippen molar-refractivity contribution in [2.75, 3.05) is 24.2 Å². The Hall–Kier alpha value is -1.48. The van der Waals surface area contributed by atoms with Crippen molar-refractivity contribution in [2.24, 2.45) is 0 Å². The molecule has 0 radical (unpaired) electrons. The molecule has 0 atom stereocenters. The number of hydroxylamine groups is 2. The van der Waals surface area contributed by atoms with Crippen LogP contribution in [0.2, 0.25) is 10.6 Å². The summed E-state index contributed by atoms with van der Waals surface area (Å²) >= 11 is 11.5. The highest BCUT2D eigenvalue weighted by Gasteiger charge is 2.18. The van der Waals surface area contributed by atoms with Gasteiger partial charge in [0.1, 0.15) is 11.0 Å². The maximum atomic E-state index is 9.47. The van der Waals surface area contributed by atoms with Gasteiger partial charge in [0, 0.05) is 14.1 Å². The lowest BCUT2D eigenvalue weighted by Crippen LogP contribution is -2.17. The van der Waals surface area contributed by atoms with Crippen LogP contribution in [0.4, 0.5) is 11.6 Å². The van der Waals surface area contributed by atoms with Gasteiger partial charge in [0.25, 0.3) is 0 Å². The zero-order valence-corrected chi connectivity index (χ0v) is 10.8. The first-order valence-electron chi connectivity index (χ1n) is 4.66. The van der Waals surface area contributed by atoms with Gasteiger partial charge in [0.2, 0.25) is 10.6 Å². The summed E-state index contributed by atoms with van der Waals surface area (Å²) in [7, 11) is 2.69. The van der Waals surface area contributed by atoms with Crippen LogP contribution >= 0.6 is 23.2 Å². The molecule has 0 fully saturated rings. The van der Waals surface area contributed by atoms with E-state index in [0.717, 1.165) is 10.1 Å². The summed E-state index contributed by atoms with van der Waals surface area (Å²) in [5.41, 5.74) is 0.334. The molecule has 0 bridgehead atoms. The minimum Gasteiger partial charge on any atom is -0.287 e. The summed E-state index contributed by atoms with van der Waals surface area (Å²) in [5.74, 6) is 0.106. The van der Waals surface area contributed by atoms with Gasteiger partial charge in [-0.05, 0) is 23.2 Å². The molecule has 10 heteroatoms. The Labute approximate surface area is 111 Å². The summed E-state index contributed by atoms with van der Waals surface area (Å²) in [6.07, 6.45) is 0. The topological polar surface area (TPSA) is 98.5 Å². The molecule has 2 heterocycles. The Morgan fingerprint density at radius 2 is 1.11 bits per heavy atom. The molecule has 0 aromatic carbocycles. The molecule has 2 rings (SSSR count). The zero-order valence-electron chi connectivity index (χ0n) is 9.33. The first kappa shape index (κ1) is 13.0. The van der Waals surface area contributed by atoms with E-state index in [1.807, 2.05) is 0 Å². The summed E-state index contributed by atoms with van der Waals surface area (Å²) in [6.45, 7) is 0. The molecule has 0 amide bonds. The molecular weight excluding hydrogens is 283 g/mol. The van der Waals surface area contributed by atoms with E-state index in [1.165, 1.54) is 14.1 Å². The van der Waals surface area contributed by atoms with Gasteiger partial charge in [0.15, 0.2) is 11.6 Å². The predicted molar refractivity (Wildman–Crippen MR) is 65.5 cm³/mol. The van der Waals surface area contributed by atoms with Crippen molar-refractivity contribution in [1.82, 2.24) is 19.9 Å². The van der Waals surface area contributed by atoms with E-state index in [1.54, 1.807) is 0 Å². The van der Waals surface area contributed by atoms with Crippen LogP contribution in [-0.2, 0) is 0 Å². The molecule has 0 aliphatic rings. The first-order valence-corrected chi connectivity index (χ1v) is 5.41. The Morgan fingerprint density at radius 3 is 1.39 bits per heavy atom. The molecule has 0 saturated heterocycles. The monoisotopic (exact) mass is 290 g/mol. The fraction of sp³-hybridized carbons (Fsp3) is 0.250. The molecule has 0 spiro atoms. The van der Waals surface area contributed by atoms with E-state index in [2.05, 4.69) is 19.9 Å².